The van der Waals surface area contributed by atoms with Crippen LogP contribution in [0.5, 0.6) is 0 Å². The SMILES string of the molecule is CCCNC(c1ccccc1)C(C)N(C)CC1CCCC1. The molecule has 1 aromatic carbocycles. The van der Waals surface area contributed by atoms with E-state index in [0.29, 0.717) is 12.1 Å². The highest BCUT2D eigenvalue weighted by Gasteiger charge is 2.25. The van der Waals surface area contributed by atoms with Crippen molar-refractivity contribution in [1.82, 2.24) is 10.2 Å². The van der Waals surface area contributed by atoms with Gasteiger partial charge in [0.05, 0.1) is 0 Å². The zero-order chi connectivity index (χ0) is 15.1. The fourth-order valence-corrected chi connectivity index (χ4v) is 3.55. The van der Waals surface area contributed by atoms with Crippen LogP contribution in [0.3, 0.4) is 0 Å². The molecule has 118 valence electrons. The summed E-state index contributed by atoms with van der Waals surface area (Å²) >= 11 is 0. The average Bonchev–Trinajstić information content (AvgIpc) is 3.01. The predicted octanol–water partition coefficient (Wildman–Crippen LogP) is 4.24. The van der Waals surface area contributed by atoms with E-state index in [1.165, 1.54) is 44.2 Å². The fourth-order valence-electron chi connectivity index (χ4n) is 3.55. The zero-order valence-corrected chi connectivity index (χ0v) is 14.0. The maximum Gasteiger partial charge on any atom is 0.0475 e. The van der Waals surface area contributed by atoms with Crippen LogP contribution in [-0.4, -0.2) is 31.1 Å². The lowest BCUT2D eigenvalue weighted by Gasteiger charge is -2.34. The molecule has 0 aromatic heterocycles. The van der Waals surface area contributed by atoms with Crippen LogP contribution >= 0.6 is 0 Å². The third-order valence-corrected chi connectivity index (χ3v) is 4.97. The van der Waals surface area contributed by atoms with Gasteiger partial charge < -0.3 is 10.2 Å². The van der Waals surface area contributed by atoms with Crippen molar-refractivity contribution in [2.75, 3.05) is 20.1 Å². The summed E-state index contributed by atoms with van der Waals surface area (Å²) in [7, 11) is 2.30. The summed E-state index contributed by atoms with van der Waals surface area (Å²) in [4.78, 5) is 2.57. The molecule has 0 saturated heterocycles. The molecule has 1 aliphatic carbocycles. The Hall–Kier alpha value is -0.860. The van der Waals surface area contributed by atoms with Crippen LogP contribution in [0.2, 0.25) is 0 Å². The Balaban J connectivity index is 2.00. The first kappa shape index (κ1) is 16.5. The van der Waals surface area contributed by atoms with Crippen LogP contribution in [0.15, 0.2) is 30.3 Å². The molecule has 2 atom stereocenters. The van der Waals surface area contributed by atoms with Crippen LogP contribution in [0.1, 0.15) is 57.6 Å². The van der Waals surface area contributed by atoms with Crippen molar-refractivity contribution in [1.29, 1.82) is 0 Å². The molecule has 0 spiro atoms. The van der Waals surface area contributed by atoms with Crippen molar-refractivity contribution >= 4 is 0 Å². The third-order valence-electron chi connectivity index (χ3n) is 4.97. The molecule has 1 fully saturated rings. The molecule has 0 amide bonds. The molecule has 0 aliphatic heterocycles. The monoisotopic (exact) mass is 288 g/mol. The van der Waals surface area contributed by atoms with Crippen molar-refractivity contribution in [2.45, 2.75) is 58.0 Å². The van der Waals surface area contributed by atoms with Gasteiger partial charge in [0.25, 0.3) is 0 Å². The van der Waals surface area contributed by atoms with E-state index < -0.39 is 0 Å². The number of rotatable bonds is 8. The zero-order valence-electron chi connectivity index (χ0n) is 14.0. The summed E-state index contributed by atoms with van der Waals surface area (Å²) in [5.74, 6) is 0.917. The van der Waals surface area contributed by atoms with Gasteiger partial charge in [0.15, 0.2) is 0 Å². The first-order valence-corrected chi connectivity index (χ1v) is 8.71. The molecule has 2 nitrogen and oxygen atoms in total. The second-order valence-corrected chi connectivity index (χ2v) is 6.67. The molecular formula is C19H32N2. The number of nitrogens with zero attached hydrogens (tertiary/aromatic N) is 1. The van der Waals surface area contributed by atoms with Gasteiger partial charge in [-0.1, -0.05) is 50.1 Å². The Morgan fingerprint density at radius 2 is 1.86 bits per heavy atom. The minimum Gasteiger partial charge on any atom is -0.309 e. The molecule has 1 aliphatic rings. The van der Waals surface area contributed by atoms with E-state index in [-0.39, 0.29) is 0 Å². The minimum absolute atomic E-state index is 0.428. The summed E-state index contributed by atoms with van der Waals surface area (Å²) in [5, 5.41) is 3.75. The van der Waals surface area contributed by atoms with E-state index in [1.54, 1.807) is 0 Å². The number of benzene rings is 1. The average molecular weight is 288 g/mol. The van der Waals surface area contributed by atoms with Gasteiger partial charge in [-0.15, -0.1) is 0 Å². The van der Waals surface area contributed by atoms with E-state index in [9.17, 15) is 0 Å². The maximum absolute atomic E-state index is 3.75. The fraction of sp³-hybridized carbons (Fsp3) is 0.684. The minimum atomic E-state index is 0.428. The molecule has 0 bridgehead atoms. The van der Waals surface area contributed by atoms with Crippen LogP contribution in [0, 0.1) is 5.92 Å². The Kier molecular flexibility index (Phi) is 6.72. The van der Waals surface area contributed by atoms with Gasteiger partial charge in [-0.3, -0.25) is 0 Å². The Labute approximate surface area is 130 Å². The van der Waals surface area contributed by atoms with Gasteiger partial charge in [0.1, 0.15) is 0 Å². The quantitative estimate of drug-likeness (QED) is 0.770. The normalized spacial score (nSPS) is 19.0. The van der Waals surface area contributed by atoms with E-state index >= 15 is 0 Å². The lowest BCUT2D eigenvalue weighted by Crippen LogP contribution is -2.42. The highest BCUT2D eigenvalue weighted by atomic mass is 15.2. The number of nitrogens with one attached hydrogen (secondary N) is 1. The lowest BCUT2D eigenvalue weighted by atomic mass is 9.98. The van der Waals surface area contributed by atoms with E-state index in [4.69, 9.17) is 0 Å². The summed E-state index contributed by atoms with van der Waals surface area (Å²) in [6.07, 6.45) is 6.90. The third kappa shape index (κ3) is 4.82. The second-order valence-electron chi connectivity index (χ2n) is 6.67. The van der Waals surface area contributed by atoms with Crippen LogP contribution in [0.4, 0.5) is 0 Å². The molecule has 2 heteroatoms. The first-order chi connectivity index (χ1) is 10.2. The summed E-state index contributed by atoms with van der Waals surface area (Å²) in [6, 6.07) is 11.9. The maximum atomic E-state index is 3.75. The molecule has 2 unspecified atom stereocenters. The molecular weight excluding hydrogens is 256 g/mol. The van der Waals surface area contributed by atoms with E-state index in [1.807, 2.05) is 0 Å². The molecule has 1 N–H and O–H groups in total. The number of hydrogen-bond acceptors (Lipinski definition) is 2. The molecule has 2 rings (SSSR count). The molecule has 21 heavy (non-hydrogen) atoms. The van der Waals surface area contributed by atoms with Crippen LogP contribution in [-0.2, 0) is 0 Å². The van der Waals surface area contributed by atoms with Crippen molar-refractivity contribution in [3.8, 4) is 0 Å². The van der Waals surface area contributed by atoms with Gasteiger partial charge in [0, 0.05) is 18.6 Å². The second kappa shape index (κ2) is 8.55. The number of likely N-dealkylation sites (N-methyl/N-ethyl adjacent to an activating group) is 1. The highest BCUT2D eigenvalue weighted by Crippen LogP contribution is 2.27. The van der Waals surface area contributed by atoms with Crippen molar-refractivity contribution in [3.05, 3.63) is 35.9 Å². The lowest BCUT2D eigenvalue weighted by molar-refractivity contribution is 0.179. The largest absolute Gasteiger partial charge is 0.309 e. The van der Waals surface area contributed by atoms with Gasteiger partial charge in [-0.05, 0) is 51.3 Å². The predicted molar refractivity (Wildman–Crippen MR) is 91.5 cm³/mol. The summed E-state index contributed by atoms with van der Waals surface area (Å²) in [6.45, 7) is 6.94. The van der Waals surface area contributed by atoms with Gasteiger partial charge in [-0.2, -0.15) is 0 Å². The van der Waals surface area contributed by atoms with E-state index in [2.05, 4.69) is 61.4 Å². The van der Waals surface area contributed by atoms with Gasteiger partial charge in [-0.25, -0.2) is 0 Å². The highest BCUT2D eigenvalue weighted by molar-refractivity contribution is 5.20. The number of hydrogen-bond donors (Lipinski definition) is 1. The molecule has 0 heterocycles. The topological polar surface area (TPSA) is 15.3 Å². The van der Waals surface area contributed by atoms with Crippen LogP contribution in [0.25, 0.3) is 0 Å². The molecule has 1 aromatic rings. The van der Waals surface area contributed by atoms with Crippen LogP contribution < -0.4 is 5.32 Å². The van der Waals surface area contributed by atoms with Crippen molar-refractivity contribution in [2.24, 2.45) is 5.92 Å². The Morgan fingerprint density at radius 3 is 2.48 bits per heavy atom. The first-order valence-electron chi connectivity index (χ1n) is 8.71. The Morgan fingerprint density at radius 1 is 1.19 bits per heavy atom. The standard InChI is InChI=1S/C19H32N2/c1-4-14-20-19(18-12-6-5-7-13-18)16(2)21(3)15-17-10-8-9-11-17/h5-7,12-13,16-17,19-20H,4,8-11,14-15H2,1-3H3. The van der Waals surface area contributed by atoms with Gasteiger partial charge >= 0.3 is 0 Å². The molecule has 1 saturated carbocycles. The van der Waals surface area contributed by atoms with Gasteiger partial charge in [0.2, 0.25) is 0 Å². The Bertz CT molecular complexity index is 384. The van der Waals surface area contributed by atoms with Crippen molar-refractivity contribution in [3.63, 3.8) is 0 Å². The molecule has 0 radical (unpaired) electrons. The smallest absolute Gasteiger partial charge is 0.0475 e. The van der Waals surface area contributed by atoms with E-state index in [0.717, 1.165) is 12.5 Å². The summed E-state index contributed by atoms with van der Waals surface area (Å²) < 4.78 is 0. The summed E-state index contributed by atoms with van der Waals surface area (Å²) in [5.41, 5.74) is 1.41. The van der Waals surface area contributed by atoms with Crippen molar-refractivity contribution < 1.29 is 0 Å².